The highest BCUT2D eigenvalue weighted by Crippen LogP contribution is 2.27. The van der Waals surface area contributed by atoms with E-state index in [-0.39, 0.29) is 11.9 Å². The minimum atomic E-state index is -0.235. The third-order valence-corrected chi connectivity index (χ3v) is 5.11. The average molecular weight is 363 g/mol. The molecule has 25 heavy (non-hydrogen) atoms. The Morgan fingerprint density at radius 2 is 2.04 bits per heavy atom. The van der Waals surface area contributed by atoms with Crippen molar-refractivity contribution in [1.82, 2.24) is 15.2 Å². The second kappa shape index (κ2) is 8.82. The van der Waals surface area contributed by atoms with Gasteiger partial charge in [-0.25, -0.2) is 4.98 Å². The van der Waals surface area contributed by atoms with Gasteiger partial charge in [-0.3, -0.25) is 9.69 Å². The fraction of sp³-hybridized carbons (Fsp3) is 0.444. The molecule has 0 spiro atoms. The summed E-state index contributed by atoms with van der Waals surface area (Å²) in [5.74, 6) is 1.31. The molecule has 2 rings (SSSR count). The monoisotopic (exact) mass is 363 g/mol. The summed E-state index contributed by atoms with van der Waals surface area (Å²) in [4.78, 5) is 19.9. The predicted molar refractivity (Wildman–Crippen MR) is 99.2 cm³/mol. The molecule has 0 fully saturated rings. The average Bonchev–Trinajstić information content (AvgIpc) is 3.03. The van der Waals surface area contributed by atoms with Gasteiger partial charge < -0.3 is 14.8 Å². The molecule has 0 aliphatic carbocycles. The van der Waals surface area contributed by atoms with E-state index in [2.05, 4.69) is 10.3 Å². The van der Waals surface area contributed by atoms with E-state index >= 15 is 0 Å². The molecule has 0 bridgehead atoms. The van der Waals surface area contributed by atoms with Gasteiger partial charge in [0.15, 0.2) is 11.5 Å². The minimum absolute atomic E-state index is 0.0144. The van der Waals surface area contributed by atoms with Crippen LogP contribution in [0.1, 0.15) is 23.1 Å². The molecule has 1 amide bonds. The van der Waals surface area contributed by atoms with Crippen molar-refractivity contribution in [2.45, 2.75) is 33.0 Å². The van der Waals surface area contributed by atoms with Crippen molar-refractivity contribution < 1.29 is 14.3 Å². The van der Waals surface area contributed by atoms with Crippen molar-refractivity contribution in [3.63, 3.8) is 0 Å². The molecule has 6 nitrogen and oxygen atoms in total. The zero-order valence-corrected chi connectivity index (χ0v) is 16.1. The first-order chi connectivity index (χ1) is 12.0. The van der Waals surface area contributed by atoms with Crippen LogP contribution in [0, 0.1) is 6.92 Å². The molecule has 7 heteroatoms. The standard InChI is InChI=1S/C18H25N3O3S/c1-12-17(25-11-20-12)10-21(3)13(2)18(22)19-9-14-6-7-15(23-4)16(8-14)24-5/h6-8,11,13H,9-10H2,1-5H3,(H,19,22). The molecule has 0 saturated carbocycles. The second-order valence-corrected chi connectivity index (χ2v) is 6.80. The van der Waals surface area contributed by atoms with Gasteiger partial charge in [0.1, 0.15) is 0 Å². The lowest BCUT2D eigenvalue weighted by Crippen LogP contribution is -2.42. The fourth-order valence-corrected chi connectivity index (χ4v) is 3.21. The van der Waals surface area contributed by atoms with E-state index in [9.17, 15) is 4.79 Å². The third kappa shape index (κ3) is 4.93. The predicted octanol–water partition coefficient (Wildman–Crippen LogP) is 2.61. The molecule has 1 aromatic heterocycles. The van der Waals surface area contributed by atoms with Crippen molar-refractivity contribution in [2.24, 2.45) is 0 Å². The van der Waals surface area contributed by atoms with Crippen molar-refractivity contribution in [1.29, 1.82) is 0 Å². The number of methoxy groups -OCH3 is 2. The lowest BCUT2D eigenvalue weighted by molar-refractivity contribution is -0.125. The molecule has 1 heterocycles. The maximum atomic E-state index is 12.4. The number of thiazole rings is 1. The van der Waals surface area contributed by atoms with E-state index in [0.717, 1.165) is 11.3 Å². The van der Waals surface area contributed by atoms with Gasteiger partial charge in [0.2, 0.25) is 5.91 Å². The summed E-state index contributed by atoms with van der Waals surface area (Å²) in [6, 6.07) is 5.38. The van der Waals surface area contributed by atoms with Crippen molar-refractivity contribution in [2.75, 3.05) is 21.3 Å². The summed E-state index contributed by atoms with van der Waals surface area (Å²) in [7, 11) is 5.14. The Kier molecular flexibility index (Phi) is 6.78. The Morgan fingerprint density at radius 3 is 2.64 bits per heavy atom. The highest BCUT2D eigenvalue weighted by Gasteiger charge is 2.19. The first-order valence-corrected chi connectivity index (χ1v) is 8.92. The summed E-state index contributed by atoms with van der Waals surface area (Å²) in [6.07, 6.45) is 0. The first-order valence-electron chi connectivity index (χ1n) is 8.04. The van der Waals surface area contributed by atoms with E-state index in [1.165, 1.54) is 4.88 Å². The normalized spacial score (nSPS) is 12.1. The Labute approximate surface area is 152 Å². The Morgan fingerprint density at radius 1 is 1.32 bits per heavy atom. The maximum absolute atomic E-state index is 12.4. The van der Waals surface area contributed by atoms with Gasteiger partial charge in [-0.15, -0.1) is 11.3 Å². The number of nitrogens with zero attached hydrogens (tertiary/aromatic N) is 2. The van der Waals surface area contributed by atoms with E-state index in [4.69, 9.17) is 9.47 Å². The highest BCUT2D eigenvalue weighted by atomic mass is 32.1. The second-order valence-electron chi connectivity index (χ2n) is 5.86. The molecule has 136 valence electrons. The zero-order valence-electron chi connectivity index (χ0n) is 15.3. The molecule has 2 aromatic rings. The lowest BCUT2D eigenvalue weighted by atomic mass is 10.2. The van der Waals surface area contributed by atoms with Crippen LogP contribution < -0.4 is 14.8 Å². The number of ether oxygens (including phenoxy) is 2. The number of benzene rings is 1. The van der Waals surface area contributed by atoms with Gasteiger partial charge in [-0.1, -0.05) is 6.07 Å². The van der Waals surface area contributed by atoms with Gasteiger partial charge in [-0.2, -0.15) is 0 Å². The Balaban J connectivity index is 1.91. The first kappa shape index (κ1) is 19.2. The van der Waals surface area contributed by atoms with E-state index in [1.807, 2.05) is 49.5 Å². The van der Waals surface area contributed by atoms with Crippen LogP contribution in [0.2, 0.25) is 0 Å². The fourth-order valence-electron chi connectivity index (χ4n) is 2.37. The molecule has 0 aliphatic rings. The van der Waals surface area contributed by atoms with Crippen molar-refractivity contribution >= 4 is 17.2 Å². The number of carbonyl (C=O) groups excluding carboxylic acids is 1. The molecular weight excluding hydrogens is 338 g/mol. The summed E-state index contributed by atoms with van der Waals surface area (Å²) < 4.78 is 10.5. The zero-order chi connectivity index (χ0) is 18.4. The van der Waals surface area contributed by atoms with Crippen molar-refractivity contribution in [3.05, 3.63) is 39.8 Å². The van der Waals surface area contributed by atoms with Crippen molar-refractivity contribution in [3.8, 4) is 11.5 Å². The van der Waals surface area contributed by atoms with Crippen LogP contribution in [-0.4, -0.2) is 43.1 Å². The van der Waals surface area contributed by atoms with Crippen LogP contribution in [0.5, 0.6) is 11.5 Å². The summed E-state index contributed by atoms with van der Waals surface area (Å²) in [6.45, 7) is 5.04. The smallest absolute Gasteiger partial charge is 0.237 e. The molecule has 0 aliphatic heterocycles. The van der Waals surface area contributed by atoms with Crippen LogP contribution in [0.4, 0.5) is 0 Å². The number of aryl methyl sites for hydroxylation is 1. The van der Waals surface area contributed by atoms with Crippen LogP contribution in [0.3, 0.4) is 0 Å². The van der Waals surface area contributed by atoms with Gasteiger partial charge in [0.05, 0.1) is 31.5 Å². The van der Waals surface area contributed by atoms with Crippen LogP contribution >= 0.6 is 11.3 Å². The Hall–Kier alpha value is -2.12. The Bertz CT molecular complexity index is 717. The molecule has 1 N–H and O–H groups in total. The number of hydrogen-bond donors (Lipinski definition) is 1. The number of likely N-dealkylation sites (N-methyl/N-ethyl adjacent to an activating group) is 1. The number of rotatable bonds is 8. The quantitative estimate of drug-likeness (QED) is 0.781. The van der Waals surface area contributed by atoms with E-state index in [1.54, 1.807) is 25.6 Å². The number of amides is 1. The van der Waals surface area contributed by atoms with Gasteiger partial charge >= 0.3 is 0 Å². The number of nitrogens with one attached hydrogen (secondary N) is 1. The van der Waals surface area contributed by atoms with E-state index in [0.29, 0.717) is 24.6 Å². The molecular formula is C18H25N3O3S. The molecule has 1 atom stereocenters. The molecule has 1 unspecified atom stereocenters. The summed E-state index contributed by atoms with van der Waals surface area (Å²) in [5, 5.41) is 2.97. The van der Waals surface area contributed by atoms with Crippen LogP contribution in [-0.2, 0) is 17.9 Å². The number of carbonyl (C=O) groups is 1. The van der Waals surface area contributed by atoms with Crippen LogP contribution in [0.25, 0.3) is 0 Å². The van der Waals surface area contributed by atoms with Gasteiger partial charge in [0.25, 0.3) is 0 Å². The third-order valence-electron chi connectivity index (χ3n) is 4.19. The lowest BCUT2D eigenvalue weighted by Gasteiger charge is -2.23. The van der Waals surface area contributed by atoms with Gasteiger partial charge in [-0.05, 0) is 38.6 Å². The maximum Gasteiger partial charge on any atom is 0.237 e. The van der Waals surface area contributed by atoms with Gasteiger partial charge in [0, 0.05) is 18.0 Å². The minimum Gasteiger partial charge on any atom is -0.493 e. The molecule has 0 radical (unpaired) electrons. The van der Waals surface area contributed by atoms with Crippen LogP contribution in [0.15, 0.2) is 23.7 Å². The summed E-state index contributed by atoms with van der Waals surface area (Å²) >= 11 is 1.61. The largest absolute Gasteiger partial charge is 0.493 e. The highest BCUT2D eigenvalue weighted by molar-refractivity contribution is 7.09. The number of aromatic nitrogens is 1. The molecule has 0 saturated heterocycles. The SMILES string of the molecule is COc1ccc(CNC(=O)C(C)N(C)Cc2scnc2C)cc1OC. The molecule has 1 aromatic carbocycles. The number of hydrogen-bond acceptors (Lipinski definition) is 6. The summed E-state index contributed by atoms with van der Waals surface area (Å²) in [5.41, 5.74) is 3.81. The van der Waals surface area contributed by atoms with E-state index < -0.39 is 0 Å². The topological polar surface area (TPSA) is 63.7 Å².